The topological polar surface area (TPSA) is 67.0 Å². The lowest BCUT2D eigenvalue weighted by atomic mass is 10.2. The van der Waals surface area contributed by atoms with E-state index in [1.54, 1.807) is 6.26 Å². The molecular formula is C12H22N2O2S. The summed E-state index contributed by atoms with van der Waals surface area (Å²) in [6, 6.07) is 10.7. The van der Waals surface area contributed by atoms with E-state index in [-0.39, 0.29) is 5.48 Å². The van der Waals surface area contributed by atoms with E-state index in [0.29, 0.717) is 0 Å². The molecule has 98 valence electrons. The Hall–Kier alpha value is -0.590. The maximum absolute atomic E-state index is 7.49. The van der Waals surface area contributed by atoms with Crippen LogP contribution >= 0.6 is 12.0 Å². The number of nitrogens with zero attached hydrogens (tertiary/aromatic N) is 1. The SMILES string of the molecule is CSO.O.c1ccc(CN2CCNCC2)cc1. The van der Waals surface area contributed by atoms with Gasteiger partial charge in [0.25, 0.3) is 0 Å². The first-order chi connectivity index (χ1) is 7.86. The van der Waals surface area contributed by atoms with Crippen molar-refractivity contribution >= 4 is 12.0 Å². The Bertz CT molecular complexity index is 266. The van der Waals surface area contributed by atoms with Crippen LogP contribution in [0, 0.1) is 0 Å². The van der Waals surface area contributed by atoms with Crippen LogP contribution < -0.4 is 5.32 Å². The summed E-state index contributed by atoms with van der Waals surface area (Å²) in [6.45, 7) is 5.71. The van der Waals surface area contributed by atoms with Gasteiger partial charge in [0.2, 0.25) is 0 Å². The molecule has 0 saturated carbocycles. The second kappa shape index (κ2) is 10.6. The van der Waals surface area contributed by atoms with Gasteiger partial charge in [-0.15, -0.1) is 0 Å². The maximum Gasteiger partial charge on any atom is 0.0234 e. The van der Waals surface area contributed by atoms with E-state index in [0.717, 1.165) is 31.7 Å². The number of rotatable bonds is 2. The first-order valence-corrected chi connectivity index (χ1v) is 6.69. The molecule has 0 aromatic heterocycles. The van der Waals surface area contributed by atoms with Gasteiger partial charge in [0.05, 0.1) is 0 Å². The van der Waals surface area contributed by atoms with Gasteiger partial charge in [0.15, 0.2) is 0 Å². The van der Waals surface area contributed by atoms with Gasteiger partial charge >= 0.3 is 0 Å². The Morgan fingerprint density at radius 1 is 1.24 bits per heavy atom. The van der Waals surface area contributed by atoms with Crippen LogP contribution in [-0.2, 0) is 6.54 Å². The lowest BCUT2D eigenvalue weighted by Crippen LogP contribution is -2.42. The Morgan fingerprint density at radius 2 is 1.76 bits per heavy atom. The van der Waals surface area contributed by atoms with Gasteiger partial charge in [-0.25, -0.2) is 0 Å². The number of hydrogen-bond donors (Lipinski definition) is 2. The second-order valence-corrected chi connectivity index (χ2v) is 4.06. The molecule has 5 heteroatoms. The molecule has 2 rings (SSSR count). The Kier molecular flexibility index (Phi) is 10.2. The van der Waals surface area contributed by atoms with Crippen LogP contribution in [0.25, 0.3) is 0 Å². The molecule has 0 aliphatic carbocycles. The highest BCUT2D eigenvalue weighted by atomic mass is 32.2. The average molecular weight is 258 g/mol. The highest BCUT2D eigenvalue weighted by Gasteiger charge is 2.08. The van der Waals surface area contributed by atoms with Crippen LogP contribution in [0.3, 0.4) is 0 Å². The molecular weight excluding hydrogens is 236 g/mol. The van der Waals surface area contributed by atoms with Crippen molar-refractivity contribution in [2.75, 3.05) is 32.4 Å². The monoisotopic (exact) mass is 258 g/mol. The van der Waals surface area contributed by atoms with Crippen molar-refractivity contribution in [1.29, 1.82) is 0 Å². The first kappa shape index (κ1) is 16.4. The highest BCUT2D eigenvalue weighted by molar-refractivity contribution is 7.93. The third-order valence-corrected chi connectivity index (χ3v) is 2.46. The molecule has 1 aromatic rings. The summed E-state index contributed by atoms with van der Waals surface area (Å²) >= 11 is 0.750. The van der Waals surface area contributed by atoms with Gasteiger partial charge in [-0.2, -0.15) is 0 Å². The van der Waals surface area contributed by atoms with Crippen molar-refractivity contribution in [3.05, 3.63) is 35.9 Å². The van der Waals surface area contributed by atoms with E-state index in [2.05, 4.69) is 40.5 Å². The van der Waals surface area contributed by atoms with Crippen LogP contribution in [0.2, 0.25) is 0 Å². The van der Waals surface area contributed by atoms with Crippen molar-refractivity contribution in [3.63, 3.8) is 0 Å². The molecule has 1 heterocycles. The van der Waals surface area contributed by atoms with Crippen molar-refractivity contribution in [1.82, 2.24) is 10.2 Å². The van der Waals surface area contributed by atoms with Crippen molar-refractivity contribution < 1.29 is 10.0 Å². The van der Waals surface area contributed by atoms with Crippen LogP contribution in [0.4, 0.5) is 0 Å². The second-order valence-electron chi connectivity index (χ2n) is 3.69. The maximum atomic E-state index is 7.49. The minimum absolute atomic E-state index is 0. The first-order valence-electron chi connectivity index (χ1n) is 5.51. The Labute approximate surface area is 108 Å². The summed E-state index contributed by atoms with van der Waals surface area (Å²) in [7, 11) is 0. The zero-order valence-electron chi connectivity index (χ0n) is 10.2. The third kappa shape index (κ3) is 7.36. The normalized spacial score (nSPS) is 15.4. The fourth-order valence-electron chi connectivity index (χ4n) is 1.71. The standard InChI is InChI=1S/C11H16N2.CH4OS.H2O/c1-2-4-11(5-3-1)10-13-8-6-12-7-9-13;1-3-2;/h1-5,12H,6-10H2;2H,1H3;1H2. The molecule has 0 bridgehead atoms. The summed E-state index contributed by atoms with van der Waals surface area (Å²) in [4.78, 5) is 2.49. The predicted octanol–water partition coefficient (Wildman–Crippen LogP) is 1.09. The van der Waals surface area contributed by atoms with E-state index in [4.69, 9.17) is 4.55 Å². The van der Waals surface area contributed by atoms with Crippen molar-refractivity contribution in [2.45, 2.75) is 6.54 Å². The average Bonchev–Trinajstić information content (AvgIpc) is 2.33. The molecule has 1 fully saturated rings. The fourth-order valence-corrected chi connectivity index (χ4v) is 1.71. The number of piperazine rings is 1. The molecule has 17 heavy (non-hydrogen) atoms. The van der Waals surface area contributed by atoms with Gasteiger partial charge < -0.3 is 15.3 Å². The molecule has 1 aliphatic heterocycles. The molecule has 4 N–H and O–H groups in total. The summed E-state index contributed by atoms with van der Waals surface area (Å²) in [5.74, 6) is 0. The smallest absolute Gasteiger partial charge is 0.0234 e. The molecule has 0 atom stereocenters. The minimum Gasteiger partial charge on any atom is -0.412 e. The Morgan fingerprint density at radius 3 is 2.29 bits per heavy atom. The molecule has 4 nitrogen and oxygen atoms in total. The number of benzene rings is 1. The van der Waals surface area contributed by atoms with Crippen molar-refractivity contribution in [2.24, 2.45) is 0 Å². The van der Waals surface area contributed by atoms with Crippen molar-refractivity contribution in [3.8, 4) is 0 Å². The zero-order chi connectivity index (χ0) is 11.6. The van der Waals surface area contributed by atoms with Gasteiger partial charge in [-0.3, -0.25) is 4.90 Å². The van der Waals surface area contributed by atoms with Crippen LogP contribution in [0.1, 0.15) is 5.56 Å². The van der Waals surface area contributed by atoms with E-state index in [1.807, 2.05) is 0 Å². The van der Waals surface area contributed by atoms with E-state index in [1.165, 1.54) is 18.7 Å². The number of hydrogen-bond acceptors (Lipinski definition) is 4. The van der Waals surface area contributed by atoms with Crippen LogP contribution in [0.15, 0.2) is 30.3 Å². The highest BCUT2D eigenvalue weighted by Crippen LogP contribution is 2.04. The molecule has 0 spiro atoms. The zero-order valence-corrected chi connectivity index (χ0v) is 11.0. The van der Waals surface area contributed by atoms with Crippen LogP contribution in [-0.4, -0.2) is 47.4 Å². The lowest BCUT2D eigenvalue weighted by Gasteiger charge is -2.27. The minimum atomic E-state index is 0. The Balaban J connectivity index is 0.000000583. The van der Waals surface area contributed by atoms with E-state index >= 15 is 0 Å². The molecule has 0 radical (unpaired) electrons. The molecule has 1 aromatic carbocycles. The van der Waals surface area contributed by atoms with Crippen LogP contribution in [0.5, 0.6) is 0 Å². The predicted molar refractivity (Wildman–Crippen MR) is 74.3 cm³/mol. The summed E-state index contributed by atoms with van der Waals surface area (Å²) in [5, 5.41) is 3.36. The summed E-state index contributed by atoms with van der Waals surface area (Å²) < 4.78 is 7.49. The molecule has 0 amide bonds. The summed E-state index contributed by atoms with van der Waals surface area (Å²) in [5.41, 5.74) is 1.42. The molecule has 1 saturated heterocycles. The largest absolute Gasteiger partial charge is 0.412 e. The van der Waals surface area contributed by atoms with Gasteiger partial charge in [-0.05, 0) is 17.6 Å². The van der Waals surface area contributed by atoms with E-state index < -0.39 is 0 Å². The quantitative estimate of drug-likeness (QED) is 0.779. The van der Waals surface area contributed by atoms with E-state index in [9.17, 15) is 0 Å². The van der Waals surface area contributed by atoms with Gasteiger partial charge in [0.1, 0.15) is 0 Å². The molecule has 0 unspecified atom stereocenters. The lowest BCUT2D eigenvalue weighted by molar-refractivity contribution is 0.233. The summed E-state index contributed by atoms with van der Waals surface area (Å²) in [6.07, 6.45) is 1.60. The van der Waals surface area contributed by atoms with Gasteiger partial charge in [-0.1, -0.05) is 30.3 Å². The molecule has 1 aliphatic rings. The number of nitrogens with one attached hydrogen (secondary N) is 1. The third-order valence-electron chi connectivity index (χ3n) is 2.46. The fraction of sp³-hybridized carbons (Fsp3) is 0.500. The van der Waals surface area contributed by atoms with Gasteiger partial charge in [0, 0.05) is 39.0 Å².